The van der Waals surface area contributed by atoms with Crippen LogP contribution in [0.25, 0.3) is 0 Å². The molecule has 1 aliphatic heterocycles. The van der Waals surface area contributed by atoms with Crippen molar-refractivity contribution in [3.05, 3.63) is 10.7 Å². The van der Waals surface area contributed by atoms with Crippen molar-refractivity contribution >= 4 is 27.7 Å². The largest absolute Gasteiger partial charge is 0.381 e. The normalized spacial score (nSPS) is 16.9. The molecule has 0 amide bonds. The van der Waals surface area contributed by atoms with Crippen LogP contribution in [0.1, 0.15) is 19.8 Å². The Bertz CT molecular complexity index is 394. The topological polar surface area (TPSA) is 50.3 Å². The standard InChI is InChI=1S/C12H19BrN4O/c1-3-14-12-15-8-10(13)11(16-12)17-6-4-9(18-2)5-7-17/h8-9H,3-7H2,1-2H3,(H,14,15,16). The van der Waals surface area contributed by atoms with Gasteiger partial charge in [-0.1, -0.05) is 0 Å². The maximum atomic E-state index is 5.38. The summed E-state index contributed by atoms with van der Waals surface area (Å²) in [7, 11) is 1.78. The first-order valence-electron chi connectivity index (χ1n) is 6.28. The molecule has 1 fully saturated rings. The highest BCUT2D eigenvalue weighted by molar-refractivity contribution is 9.10. The van der Waals surface area contributed by atoms with Gasteiger partial charge in [0.15, 0.2) is 0 Å². The van der Waals surface area contributed by atoms with E-state index in [0.29, 0.717) is 12.1 Å². The number of aromatic nitrogens is 2. The fourth-order valence-corrected chi connectivity index (χ4v) is 2.57. The van der Waals surface area contributed by atoms with Crippen LogP contribution in [-0.2, 0) is 4.74 Å². The first-order valence-corrected chi connectivity index (χ1v) is 7.08. The average molecular weight is 315 g/mol. The molecule has 6 heteroatoms. The van der Waals surface area contributed by atoms with E-state index in [1.165, 1.54) is 0 Å². The van der Waals surface area contributed by atoms with Gasteiger partial charge >= 0.3 is 0 Å². The lowest BCUT2D eigenvalue weighted by Gasteiger charge is -2.32. The molecular formula is C12H19BrN4O. The highest BCUT2D eigenvalue weighted by atomic mass is 79.9. The van der Waals surface area contributed by atoms with Gasteiger partial charge in [0, 0.05) is 32.9 Å². The maximum Gasteiger partial charge on any atom is 0.224 e. The van der Waals surface area contributed by atoms with Gasteiger partial charge in [-0.05, 0) is 35.7 Å². The zero-order chi connectivity index (χ0) is 13.0. The van der Waals surface area contributed by atoms with Crippen LogP contribution in [-0.4, -0.2) is 42.8 Å². The van der Waals surface area contributed by atoms with Gasteiger partial charge in [-0.25, -0.2) is 4.98 Å². The minimum Gasteiger partial charge on any atom is -0.381 e. The van der Waals surface area contributed by atoms with Gasteiger partial charge in [0.05, 0.1) is 10.6 Å². The lowest BCUT2D eigenvalue weighted by molar-refractivity contribution is 0.0818. The predicted molar refractivity (Wildman–Crippen MR) is 76.1 cm³/mol. The molecule has 1 saturated heterocycles. The number of ether oxygens (including phenoxy) is 1. The highest BCUT2D eigenvalue weighted by Crippen LogP contribution is 2.27. The predicted octanol–water partition coefficient (Wildman–Crippen LogP) is 2.29. The first-order chi connectivity index (χ1) is 8.74. The molecule has 0 atom stereocenters. The zero-order valence-electron chi connectivity index (χ0n) is 10.8. The van der Waals surface area contributed by atoms with Crippen molar-refractivity contribution < 1.29 is 4.74 Å². The molecule has 18 heavy (non-hydrogen) atoms. The van der Waals surface area contributed by atoms with Crippen molar-refractivity contribution in [3.63, 3.8) is 0 Å². The maximum absolute atomic E-state index is 5.38. The molecule has 2 rings (SSSR count). The van der Waals surface area contributed by atoms with Crippen LogP contribution in [0.5, 0.6) is 0 Å². The molecule has 0 aliphatic carbocycles. The van der Waals surface area contributed by atoms with Gasteiger partial charge in [-0.3, -0.25) is 0 Å². The molecule has 2 heterocycles. The van der Waals surface area contributed by atoms with Crippen molar-refractivity contribution in [3.8, 4) is 0 Å². The molecule has 5 nitrogen and oxygen atoms in total. The molecule has 1 aromatic rings. The summed E-state index contributed by atoms with van der Waals surface area (Å²) < 4.78 is 6.33. The zero-order valence-corrected chi connectivity index (χ0v) is 12.4. The van der Waals surface area contributed by atoms with Crippen LogP contribution in [0.2, 0.25) is 0 Å². The summed E-state index contributed by atoms with van der Waals surface area (Å²) in [6.07, 6.45) is 4.28. The number of methoxy groups -OCH3 is 1. The minimum atomic E-state index is 0.384. The molecule has 0 unspecified atom stereocenters. The number of nitrogens with zero attached hydrogens (tertiary/aromatic N) is 3. The van der Waals surface area contributed by atoms with Gasteiger partial charge < -0.3 is 15.0 Å². The molecule has 0 radical (unpaired) electrons. The van der Waals surface area contributed by atoms with Crippen LogP contribution in [0.15, 0.2) is 10.7 Å². The number of hydrogen-bond donors (Lipinski definition) is 1. The Balaban J connectivity index is 2.10. The van der Waals surface area contributed by atoms with E-state index in [0.717, 1.165) is 42.8 Å². The monoisotopic (exact) mass is 314 g/mol. The van der Waals surface area contributed by atoms with Crippen LogP contribution in [0.3, 0.4) is 0 Å². The Morgan fingerprint density at radius 3 is 2.83 bits per heavy atom. The van der Waals surface area contributed by atoms with Crippen LogP contribution in [0, 0.1) is 0 Å². The third-order valence-electron chi connectivity index (χ3n) is 3.14. The lowest BCUT2D eigenvalue weighted by atomic mass is 10.1. The number of anilines is 2. The third-order valence-corrected chi connectivity index (χ3v) is 3.69. The molecule has 1 aliphatic rings. The summed E-state index contributed by atoms with van der Waals surface area (Å²) in [5.41, 5.74) is 0. The number of hydrogen-bond acceptors (Lipinski definition) is 5. The Morgan fingerprint density at radius 1 is 1.50 bits per heavy atom. The Hall–Kier alpha value is -0.880. The summed E-state index contributed by atoms with van der Waals surface area (Å²) in [5, 5.41) is 3.14. The number of rotatable bonds is 4. The summed E-state index contributed by atoms with van der Waals surface area (Å²) >= 11 is 3.52. The lowest BCUT2D eigenvalue weighted by Crippen LogP contribution is -2.37. The van der Waals surface area contributed by atoms with Crippen LogP contribution >= 0.6 is 15.9 Å². The van der Waals surface area contributed by atoms with Gasteiger partial charge in [0.1, 0.15) is 5.82 Å². The summed E-state index contributed by atoms with van der Waals surface area (Å²) in [4.78, 5) is 11.1. The van der Waals surface area contributed by atoms with E-state index >= 15 is 0 Å². The smallest absolute Gasteiger partial charge is 0.224 e. The van der Waals surface area contributed by atoms with E-state index < -0.39 is 0 Å². The third kappa shape index (κ3) is 3.11. The van der Waals surface area contributed by atoms with E-state index in [4.69, 9.17) is 4.74 Å². The van der Waals surface area contributed by atoms with Crippen molar-refractivity contribution in [1.82, 2.24) is 9.97 Å². The molecule has 100 valence electrons. The van der Waals surface area contributed by atoms with E-state index in [1.807, 2.05) is 13.1 Å². The molecule has 0 bridgehead atoms. The fraction of sp³-hybridized carbons (Fsp3) is 0.667. The van der Waals surface area contributed by atoms with Crippen LogP contribution in [0.4, 0.5) is 11.8 Å². The molecule has 0 spiro atoms. The minimum absolute atomic E-state index is 0.384. The Labute approximate surface area is 116 Å². The van der Waals surface area contributed by atoms with Gasteiger partial charge in [-0.2, -0.15) is 4.98 Å². The second-order valence-corrected chi connectivity index (χ2v) is 5.17. The van der Waals surface area contributed by atoms with Gasteiger partial charge in [0.25, 0.3) is 0 Å². The van der Waals surface area contributed by atoms with E-state index in [-0.39, 0.29) is 0 Å². The van der Waals surface area contributed by atoms with Crippen molar-refractivity contribution in [1.29, 1.82) is 0 Å². The highest BCUT2D eigenvalue weighted by Gasteiger charge is 2.21. The van der Waals surface area contributed by atoms with Gasteiger partial charge in [0.2, 0.25) is 5.95 Å². The van der Waals surface area contributed by atoms with E-state index in [1.54, 1.807) is 7.11 Å². The average Bonchev–Trinajstić information content (AvgIpc) is 2.41. The molecule has 0 saturated carbocycles. The summed E-state index contributed by atoms with van der Waals surface area (Å²) in [6.45, 7) is 4.81. The molecule has 0 aromatic carbocycles. The second-order valence-electron chi connectivity index (χ2n) is 4.32. The van der Waals surface area contributed by atoms with Crippen molar-refractivity contribution in [2.24, 2.45) is 0 Å². The second kappa shape index (κ2) is 6.33. The van der Waals surface area contributed by atoms with Crippen molar-refractivity contribution in [2.75, 3.05) is 37.0 Å². The van der Waals surface area contributed by atoms with E-state index in [9.17, 15) is 0 Å². The van der Waals surface area contributed by atoms with E-state index in [2.05, 4.69) is 36.1 Å². The number of halogens is 1. The quantitative estimate of drug-likeness (QED) is 0.924. The van der Waals surface area contributed by atoms with Gasteiger partial charge in [-0.15, -0.1) is 0 Å². The number of nitrogens with one attached hydrogen (secondary N) is 1. The summed E-state index contributed by atoms with van der Waals surface area (Å²) in [6, 6.07) is 0. The van der Waals surface area contributed by atoms with Crippen molar-refractivity contribution in [2.45, 2.75) is 25.9 Å². The number of piperidine rings is 1. The Kier molecular flexibility index (Phi) is 4.77. The first kappa shape index (κ1) is 13.5. The summed E-state index contributed by atoms with van der Waals surface area (Å²) in [5.74, 6) is 1.65. The SMILES string of the molecule is CCNc1ncc(Br)c(N2CCC(OC)CC2)n1. The molecule has 1 N–H and O–H groups in total. The Morgan fingerprint density at radius 2 is 2.22 bits per heavy atom. The molecular weight excluding hydrogens is 296 g/mol. The molecule has 1 aromatic heterocycles. The van der Waals surface area contributed by atoms with Crippen LogP contribution < -0.4 is 10.2 Å². The fourth-order valence-electron chi connectivity index (χ4n) is 2.13.